The standard InChI is InChI=1S/C12H15F3O3/c13-12(14,15)10(17)18-11-2-1-7-3-6(5-11)4-8(16)9(7)11/h6-9,16H,1-5H2/t6-,7+,8?,9+,11+/m0/s1. The molecule has 5 atom stereocenters. The number of aliphatic hydroxyl groups is 1. The lowest BCUT2D eigenvalue weighted by Gasteiger charge is -2.51. The van der Waals surface area contributed by atoms with Gasteiger partial charge in [0.25, 0.3) is 0 Å². The van der Waals surface area contributed by atoms with Crippen molar-refractivity contribution in [2.45, 2.75) is 50.0 Å². The van der Waals surface area contributed by atoms with Crippen molar-refractivity contribution >= 4 is 5.97 Å². The molecule has 0 heterocycles. The molecule has 18 heavy (non-hydrogen) atoms. The molecule has 0 amide bonds. The lowest BCUT2D eigenvalue weighted by atomic mass is 9.60. The van der Waals surface area contributed by atoms with Crippen LogP contribution in [-0.2, 0) is 9.53 Å². The molecule has 4 saturated carbocycles. The molecule has 0 aromatic rings. The topological polar surface area (TPSA) is 46.5 Å². The van der Waals surface area contributed by atoms with Crippen molar-refractivity contribution in [1.29, 1.82) is 0 Å². The number of carbonyl (C=O) groups is 1. The highest BCUT2D eigenvalue weighted by molar-refractivity contribution is 5.76. The number of carbonyl (C=O) groups excluding carboxylic acids is 1. The average molecular weight is 264 g/mol. The molecule has 4 fully saturated rings. The Balaban J connectivity index is 1.85. The van der Waals surface area contributed by atoms with Crippen LogP contribution in [0.4, 0.5) is 13.2 Å². The first kappa shape index (κ1) is 12.3. The van der Waals surface area contributed by atoms with Crippen molar-refractivity contribution in [1.82, 2.24) is 0 Å². The first-order valence-electron chi connectivity index (χ1n) is 6.30. The third-order valence-corrected chi connectivity index (χ3v) is 4.84. The number of hydrogen-bond acceptors (Lipinski definition) is 3. The largest absolute Gasteiger partial charge is 0.490 e. The van der Waals surface area contributed by atoms with Crippen molar-refractivity contribution in [2.75, 3.05) is 0 Å². The van der Waals surface area contributed by atoms with Gasteiger partial charge in [0.05, 0.1) is 6.10 Å². The molecule has 6 heteroatoms. The first-order valence-corrected chi connectivity index (χ1v) is 6.30. The quantitative estimate of drug-likeness (QED) is 0.737. The van der Waals surface area contributed by atoms with E-state index in [1.807, 2.05) is 0 Å². The smallest absolute Gasteiger partial charge is 0.452 e. The summed E-state index contributed by atoms with van der Waals surface area (Å²) in [6.45, 7) is 0. The molecule has 1 N–H and O–H groups in total. The van der Waals surface area contributed by atoms with Gasteiger partial charge in [-0.3, -0.25) is 0 Å². The minimum atomic E-state index is -4.95. The van der Waals surface area contributed by atoms with Gasteiger partial charge in [0.2, 0.25) is 0 Å². The highest BCUT2D eigenvalue weighted by Crippen LogP contribution is 2.60. The fraction of sp³-hybridized carbons (Fsp3) is 0.917. The minimum Gasteiger partial charge on any atom is -0.452 e. The van der Waals surface area contributed by atoms with Crippen LogP contribution in [0.5, 0.6) is 0 Å². The molecule has 102 valence electrons. The van der Waals surface area contributed by atoms with Crippen molar-refractivity contribution < 1.29 is 27.8 Å². The number of fused-ring (bicyclic) bond motifs is 1. The SMILES string of the molecule is O=C(O[C@@]12CC[C@@H]3C[C@@H](CC(O)[C@@H]31)C2)C(F)(F)F. The Morgan fingerprint density at radius 3 is 2.67 bits per heavy atom. The second-order valence-corrected chi connectivity index (χ2v) is 5.89. The summed E-state index contributed by atoms with van der Waals surface area (Å²) >= 11 is 0. The van der Waals surface area contributed by atoms with Crippen LogP contribution in [0, 0.1) is 17.8 Å². The summed E-state index contributed by atoms with van der Waals surface area (Å²) in [5.41, 5.74) is -1.06. The summed E-state index contributed by atoms with van der Waals surface area (Å²) in [4.78, 5) is 11.1. The van der Waals surface area contributed by atoms with E-state index in [0.717, 1.165) is 12.8 Å². The lowest BCUT2D eigenvalue weighted by Crippen LogP contribution is -2.56. The van der Waals surface area contributed by atoms with E-state index in [-0.39, 0.29) is 17.8 Å². The molecule has 1 unspecified atom stereocenters. The Hall–Kier alpha value is -0.780. The molecule has 0 saturated heterocycles. The summed E-state index contributed by atoms with van der Waals surface area (Å²) in [6.07, 6.45) is -2.30. The van der Waals surface area contributed by atoms with Crippen LogP contribution in [0.15, 0.2) is 0 Å². The monoisotopic (exact) mass is 264 g/mol. The number of esters is 1. The molecule has 4 bridgehead atoms. The van der Waals surface area contributed by atoms with E-state index in [0.29, 0.717) is 19.3 Å². The van der Waals surface area contributed by atoms with Crippen molar-refractivity contribution in [3.05, 3.63) is 0 Å². The van der Waals surface area contributed by atoms with E-state index in [2.05, 4.69) is 0 Å². The first-order chi connectivity index (χ1) is 8.32. The van der Waals surface area contributed by atoms with Gasteiger partial charge in [0.15, 0.2) is 0 Å². The Morgan fingerprint density at radius 1 is 1.33 bits per heavy atom. The highest BCUT2D eigenvalue weighted by Gasteiger charge is 2.63. The van der Waals surface area contributed by atoms with Gasteiger partial charge in [-0.1, -0.05) is 0 Å². The summed E-state index contributed by atoms with van der Waals surface area (Å²) in [5, 5.41) is 9.99. The fourth-order valence-electron chi connectivity index (χ4n) is 4.44. The Bertz CT molecular complexity index is 381. The van der Waals surface area contributed by atoms with Gasteiger partial charge in [0, 0.05) is 5.92 Å². The van der Waals surface area contributed by atoms with Crippen LogP contribution in [0.1, 0.15) is 32.1 Å². The number of rotatable bonds is 1. The van der Waals surface area contributed by atoms with Crippen LogP contribution in [-0.4, -0.2) is 29.0 Å². The Morgan fingerprint density at radius 2 is 2.06 bits per heavy atom. The van der Waals surface area contributed by atoms with Crippen LogP contribution in [0.2, 0.25) is 0 Å². The Kier molecular flexibility index (Phi) is 2.47. The Labute approximate surface area is 102 Å². The zero-order valence-electron chi connectivity index (χ0n) is 9.74. The number of ether oxygens (including phenoxy) is 1. The van der Waals surface area contributed by atoms with Crippen molar-refractivity contribution in [3.63, 3.8) is 0 Å². The molecule has 0 aromatic carbocycles. The van der Waals surface area contributed by atoms with Gasteiger partial charge >= 0.3 is 12.1 Å². The van der Waals surface area contributed by atoms with E-state index >= 15 is 0 Å². The van der Waals surface area contributed by atoms with E-state index in [1.165, 1.54) is 0 Å². The van der Waals surface area contributed by atoms with Gasteiger partial charge in [-0.2, -0.15) is 13.2 Å². The maximum atomic E-state index is 12.3. The van der Waals surface area contributed by atoms with Gasteiger partial charge in [-0.25, -0.2) is 4.79 Å². The highest BCUT2D eigenvalue weighted by atomic mass is 19.4. The maximum absolute atomic E-state index is 12.3. The second kappa shape index (κ2) is 3.62. The maximum Gasteiger partial charge on any atom is 0.490 e. The average Bonchev–Trinajstić information content (AvgIpc) is 2.50. The zero-order chi connectivity index (χ0) is 13.1. The summed E-state index contributed by atoms with van der Waals surface area (Å²) in [5.74, 6) is -2.00. The normalized spacial score (nSPS) is 46.2. The van der Waals surface area contributed by atoms with Crippen LogP contribution >= 0.6 is 0 Å². The second-order valence-electron chi connectivity index (χ2n) is 5.89. The lowest BCUT2D eigenvalue weighted by molar-refractivity contribution is -0.233. The number of hydrogen-bond donors (Lipinski definition) is 1. The summed E-state index contributed by atoms with van der Waals surface area (Å²) < 4.78 is 41.8. The molecule has 0 radical (unpaired) electrons. The molecule has 0 spiro atoms. The van der Waals surface area contributed by atoms with Crippen molar-refractivity contribution in [2.24, 2.45) is 17.8 Å². The zero-order valence-corrected chi connectivity index (χ0v) is 9.74. The third kappa shape index (κ3) is 1.65. The van der Waals surface area contributed by atoms with Crippen molar-refractivity contribution in [3.8, 4) is 0 Å². The van der Waals surface area contributed by atoms with Gasteiger partial charge in [-0.05, 0) is 43.9 Å². The van der Waals surface area contributed by atoms with Gasteiger partial charge in [0.1, 0.15) is 5.60 Å². The van der Waals surface area contributed by atoms with Gasteiger partial charge < -0.3 is 9.84 Å². The summed E-state index contributed by atoms with van der Waals surface area (Å²) in [6, 6.07) is 0. The fourth-order valence-corrected chi connectivity index (χ4v) is 4.44. The van der Waals surface area contributed by atoms with E-state index in [1.54, 1.807) is 0 Å². The van der Waals surface area contributed by atoms with E-state index < -0.39 is 23.9 Å². The van der Waals surface area contributed by atoms with Crippen LogP contribution in [0.3, 0.4) is 0 Å². The molecule has 0 aliphatic heterocycles. The minimum absolute atomic E-state index is 0.193. The van der Waals surface area contributed by atoms with E-state index in [4.69, 9.17) is 4.74 Å². The van der Waals surface area contributed by atoms with Crippen LogP contribution in [0.25, 0.3) is 0 Å². The molecule has 4 aliphatic carbocycles. The molecular weight excluding hydrogens is 249 g/mol. The van der Waals surface area contributed by atoms with Gasteiger partial charge in [-0.15, -0.1) is 0 Å². The van der Waals surface area contributed by atoms with Crippen LogP contribution < -0.4 is 0 Å². The number of halogens is 3. The molecular formula is C12H15F3O3. The number of alkyl halides is 3. The molecule has 3 nitrogen and oxygen atoms in total. The summed E-state index contributed by atoms with van der Waals surface area (Å²) in [7, 11) is 0. The molecule has 0 aromatic heterocycles. The molecule has 4 aliphatic rings. The predicted octanol–water partition coefficient (Wildman–Crippen LogP) is 2.03. The van der Waals surface area contributed by atoms with E-state index in [9.17, 15) is 23.1 Å². The molecule has 4 rings (SSSR count). The number of aliphatic hydroxyl groups excluding tert-OH is 1. The third-order valence-electron chi connectivity index (χ3n) is 4.84. The predicted molar refractivity (Wildman–Crippen MR) is 54.4 cm³/mol.